The van der Waals surface area contributed by atoms with E-state index in [-0.39, 0.29) is 0 Å². The summed E-state index contributed by atoms with van der Waals surface area (Å²) in [5, 5.41) is 0. The fraction of sp³-hybridized carbons (Fsp3) is 1.00. The quantitative estimate of drug-likeness (QED) is 0.286. The van der Waals surface area contributed by atoms with Gasteiger partial charge in [0.05, 0.1) is 0 Å². The van der Waals surface area contributed by atoms with Crippen LogP contribution in [0, 0.1) is 0 Å². The van der Waals surface area contributed by atoms with E-state index >= 15 is 0 Å². The van der Waals surface area contributed by atoms with Crippen LogP contribution >= 0.6 is 84.0 Å². The van der Waals surface area contributed by atoms with Crippen LogP contribution in [0.25, 0.3) is 0 Å². The van der Waals surface area contributed by atoms with E-state index < -0.39 is 23.6 Å². The molecule has 0 radical (unpaired) electrons. The van der Waals surface area contributed by atoms with Crippen LogP contribution in [0.3, 0.4) is 0 Å². The summed E-state index contributed by atoms with van der Waals surface area (Å²) >= 11 is 23.6. The predicted octanol–water partition coefficient (Wildman–Crippen LogP) is 6.63. The molecule has 1 aliphatic rings. The van der Waals surface area contributed by atoms with Gasteiger partial charge in [-0.1, -0.05) is 0 Å². The molecule has 1 aliphatic carbocycles. The molecule has 0 nitrogen and oxygen atoms in total. The van der Waals surface area contributed by atoms with E-state index in [1.807, 2.05) is 0 Å². The molecule has 15 heavy (non-hydrogen) atoms. The van der Waals surface area contributed by atoms with Gasteiger partial charge in [0, 0.05) is 0 Å². The van der Waals surface area contributed by atoms with Gasteiger partial charge >= 0.3 is 142 Å². The maximum atomic E-state index is 3.93. The number of hydrogen-bond acceptors (Lipinski definition) is 0. The molecule has 0 aromatic rings. The summed E-state index contributed by atoms with van der Waals surface area (Å²) in [4.78, 5) is 0. The van der Waals surface area contributed by atoms with Crippen LogP contribution in [-0.2, 0) is 0 Å². The third-order valence-electron chi connectivity index (χ3n) is 3.02. The first-order chi connectivity index (χ1) is 6.34. The van der Waals surface area contributed by atoms with E-state index in [1.165, 1.54) is 6.42 Å². The second-order valence-electron chi connectivity index (χ2n) is 5.09. The molecule has 0 heterocycles. The Bertz CT molecular complexity index is 250. The van der Waals surface area contributed by atoms with Crippen LogP contribution in [0.5, 0.6) is 0 Å². The summed E-state index contributed by atoms with van der Waals surface area (Å²) in [6.07, 6.45) is 1.35. The van der Waals surface area contributed by atoms with Crippen LogP contribution in [-0.4, -0.2) is 23.6 Å². The van der Waals surface area contributed by atoms with Crippen LogP contribution in [0.15, 0.2) is 0 Å². The molecular weight excluding hydrogens is 725 g/mol. The Balaban J connectivity index is 3.08. The van der Waals surface area contributed by atoms with Gasteiger partial charge in [-0.15, -0.1) is 0 Å². The average molecular weight is 737 g/mol. The first kappa shape index (κ1) is 17.2. The topological polar surface area (TPSA) is 0 Å². The second-order valence-corrected chi connectivity index (χ2v) is 90.9. The molecule has 90 valence electrons. The predicted molar refractivity (Wildman–Crippen MR) is 99.5 cm³/mol. The molecule has 1 rings (SSSR count). The fourth-order valence-electron chi connectivity index (χ4n) is 2.10. The molecule has 0 aromatic heterocycles. The second kappa shape index (κ2) is 5.18. The van der Waals surface area contributed by atoms with Gasteiger partial charge in [0.25, 0.3) is 0 Å². The molecule has 1 atom stereocenters. The SMILES string of the molecule is C[Si](C)(C)C1C[C]1([Ge]([Br])([Br])[Br])[Ge]([Br])([Br])[Br]. The van der Waals surface area contributed by atoms with Gasteiger partial charge in [0.2, 0.25) is 0 Å². The van der Waals surface area contributed by atoms with Crippen molar-refractivity contribution < 1.29 is 0 Å². The van der Waals surface area contributed by atoms with Gasteiger partial charge in [-0.2, -0.15) is 0 Å². The van der Waals surface area contributed by atoms with Crippen molar-refractivity contribution in [2.24, 2.45) is 0 Å². The minimum atomic E-state index is -2.19. The van der Waals surface area contributed by atoms with E-state index in [1.54, 1.807) is 0 Å². The Morgan fingerprint density at radius 2 is 1.27 bits per heavy atom. The van der Waals surface area contributed by atoms with E-state index in [0.717, 1.165) is 5.54 Å². The Morgan fingerprint density at radius 1 is 0.933 bits per heavy atom. The van der Waals surface area contributed by atoms with Gasteiger partial charge < -0.3 is 0 Å². The molecule has 9 heteroatoms. The first-order valence-electron chi connectivity index (χ1n) is 4.47. The molecule has 0 aliphatic heterocycles. The Morgan fingerprint density at radius 3 is 1.33 bits per heavy atom. The summed E-state index contributed by atoms with van der Waals surface area (Å²) in [5.74, 6) is 0. The third kappa shape index (κ3) is 3.44. The molecule has 0 bridgehead atoms. The van der Waals surface area contributed by atoms with Gasteiger partial charge in [-0.05, 0) is 0 Å². The summed E-state index contributed by atoms with van der Waals surface area (Å²) in [6.45, 7) is 7.42. The minimum absolute atomic E-state index is 0.463. The van der Waals surface area contributed by atoms with Gasteiger partial charge in [-0.25, -0.2) is 0 Å². The molecule has 0 saturated heterocycles. The van der Waals surface area contributed by atoms with Crippen molar-refractivity contribution >= 4 is 108 Å². The van der Waals surface area contributed by atoms with Gasteiger partial charge in [-0.3, -0.25) is 0 Å². The summed E-state index contributed by atoms with van der Waals surface area (Å²) < 4.78 is 0.463. The van der Waals surface area contributed by atoms with Crippen LogP contribution in [0.4, 0.5) is 0 Å². The summed E-state index contributed by atoms with van der Waals surface area (Å²) in [7, 11) is -5.45. The Kier molecular flexibility index (Phi) is 5.96. The van der Waals surface area contributed by atoms with Crippen LogP contribution in [0.1, 0.15) is 6.42 Å². The van der Waals surface area contributed by atoms with E-state index in [0.29, 0.717) is 3.08 Å². The zero-order valence-electron chi connectivity index (χ0n) is 8.55. The number of rotatable bonds is 3. The molecule has 0 aromatic carbocycles. The van der Waals surface area contributed by atoms with Crippen molar-refractivity contribution in [3.8, 4) is 0 Å². The summed E-state index contributed by atoms with van der Waals surface area (Å²) in [6, 6.07) is 0. The van der Waals surface area contributed by atoms with E-state index in [9.17, 15) is 0 Å². The van der Waals surface area contributed by atoms with E-state index in [4.69, 9.17) is 0 Å². The summed E-state index contributed by atoms with van der Waals surface area (Å²) in [5.41, 5.74) is 0.904. The standard InChI is InChI=1S/C6H12Br6Ge2Si/c1-15(2,3)5-4-6(5,13(7,8)9)14(10,11)12/h5H,4H2,1-3H3. The molecule has 1 fully saturated rings. The zero-order valence-corrected chi connectivity index (χ0v) is 23.3. The van der Waals surface area contributed by atoms with Crippen molar-refractivity contribution in [2.45, 2.75) is 34.7 Å². The molecule has 1 unspecified atom stereocenters. The molecule has 1 saturated carbocycles. The third-order valence-corrected chi connectivity index (χ3v) is 67.8. The van der Waals surface area contributed by atoms with Crippen LogP contribution in [0.2, 0.25) is 28.3 Å². The molecule has 0 N–H and O–H groups in total. The monoisotopic (exact) mass is 733 g/mol. The molecule has 0 amide bonds. The molecular formula is C6H12Br6Ge2Si. The Hall–Kier alpha value is 4.18. The maximum absolute atomic E-state index is 3.93. The van der Waals surface area contributed by atoms with Gasteiger partial charge in [0.1, 0.15) is 0 Å². The normalized spacial score (nSPS) is 26.6. The average Bonchev–Trinajstić information content (AvgIpc) is 2.51. The van der Waals surface area contributed by atoms with Gasteiger partial charge in [0.15, 0.2) is 0 Å². The van der Waals surface area contributed by atoms with Crippen molar-refractivity contribution in [2.75, 3.05) is 0 Å². The fourth-order valence-corrected chi connectivity index (χ4v) is 154. The number of hydrogen-bond donors (Lipinski definition) is 0. The Labute approximate surface area is 139 Å². The van der Waals surface area contributed by atoms with Crippen molar-refractivity contribution in [3.05, 3.63) is 0 Å². The first-order valence-corrected chi connectivity index (χ1v) is 39.6. The zero-order chi connectivity index (χ0) is 12.3. The van der Waals surface area contributed by atoms with Crippen LogP contribution < -0.4 is 0 Å². The van der Waals surface area contributed by atoms with Crippen molar-refractivity contribution in [1.29, 1.82) is 0 Å². The van der Waals surface area contributed by atoms with Crippen molar-refractivity contribution in [3.63, 3.8) is 0 Å². The van der Waals surface area contributed by atoms with E-state index in [2.05, 4.69) is 104 Å². The number of halogens is 6. The van der Waals surface area contributed by atoms with Crippen molar-refractivity contribution in [1.82, 2.24) is 0 Å². The molecule has 0 spiro atoms.